The number of aromatic nitrogens is 3. The van der Waals surface area contributed by atoms with Crippen molar-refractivity contribution in [3.8, 4) is 5.75 Å². The number of benzene rings is 2. The summed E-state index contributed by atoms with van der Waals surface area (Å²) in [7, 11) is 1.68. The van der Waals surface area contributed by atoms with Gasteiger partial charge in [0.25, 0.3) is 0 Å². The van der Waals surface area contributed by atoms with Gasteiger partial charge in [0.1, 0.15) is 12.4 Å². The first kappa shape index (κ1) is 22.3. The number of nitrogens with zero attached hydrogens (tertiary/aromatic N) is 3. The number of rotatable bonds is 7. The standard InChI is InChI=1S/C18H13Cl2F3N4O2S/c1-27-14(7-29-13-5-2-9(19)6-10(13)20)25-26-18(27)30-8-15(28)24-12-4-3-11(21)16(22)17(12)23/h2-6H,7-8H2,1H3,(H,24,28). The Labute approximate surface area is 183 Å². The third-order valence-electron chi connectivity index (χ3n) is 3.82. The van der Waals surface area contributed by atoms with Crippen molar-refractivity contribution in [2.75, 3.05) is 11.1 Å². The molecule has 0 atom stereocenters. The minimum atomic E-state index is -1.65. The van der Waals surface area contributed by atoms with Crippen LogP contribution in [-0.4, -0.2) is 26.4 Å². The molecule has 158 valence electrons. The number of nitrogens with one attached hydrogen (secondary N) is 1. The molecule has 1 N–H and O–H groups in total. The molecule has 0 aliphatic heterocycles. The fourth-order valence-electron chi connectivity index (χ4n) is 2.27. The van der Waals surface area contributed by atoms with Crippen molar-refractivity contribution >= 4 is 46.6 Å². The van der Waals surface area contributed by atoms with Crippen molar-refractivity contribution in [1.29, 1.82) is 0 Å². The normalized spacial score (nSPS) is 10.9. The monoisotopic (exact) mass is 476 g/mol. The van der Waals surface area contributed by atoms with Crippen LogP contribution < -0.4 is 10.1 Å². The van der Waals surface area contributed by atoms with E-state index < -0.39 is 29.0 Å². The Morgan fingerprint density at radius 2 is 1.93 bits per heavy atom. The highest BCUT2D eigenvalue weighted by Crippen LogP contribution is 2.28. The number of anilines is 1. The fourth-order valence-corrected chi connectivity index (χ4v) is 3.46. The van der Waals surface area contributed by atoms with Crippen LogP contribution in [0.4, 0.5) is 18.9 Å². The largest absolute Gasteiger partial charge is 0.484 e. The molecular weight excluding hydrogens is 464 g/mol. The lowest BCUT2D eigenvalue weighted by Crippen LogP contribution is -2.16. The summed E-state index contributed by atoms with van der Waals surface area (Å²) >= 11 is 12.9. The van der Waals surface area contributed by atoms with Gasteiger partial charge in [0.15, 0.2) is 28.4 Å². The molecule has 12 heteroatoms. The van der Waals surface area contributed by atoms with Crippen molar-refractivity contribution in [3.05, 3.63) is 63.7 Å². The average molecular weight is 477 g/mol. The summed E-state index contributed by atoms with van der Waals surface area (Å²) in [6.45, 7) is 0.0671. The van der Waals surface area contributed by atoms with E-state index in [9.17, 15) is 18.0 Å². The second-order valence-electron chi connectivity index (χ2n) is 5.88. The zero-order chi connectivity index (χ0) is 21.8. The van der Waals surface area contributed by atoms with E-state index in [1.54, 1.807) is 29.8 Å². The zero-order valence-corrected chi connectivity index (χ0v) is 17.6. The summed E-state index contributed by atoms with van der Waals surface area (Å²) in [5.41, 5.74) is -0.452. The summed E-state index contributed by atoms with van der Waals surface area (Å²) in [4.78, 5) is 12.0. The predicted octanol–water partition coefficient (Wildman–Crippen LogP) is 4.85. The van der Waals surface area contributed by atoms with Crippen LogP contribution in [0.3, 0.4) is 0 Å². The lowest BCUT2D eigenvalue weighted by atomic mass is 10.3. The first-order chi connectivity index (χ1) is 14.3. The molecule has 0 bridgehead atoms. The minimum absolute atomic E-state index is 0.0671. The summed E-state index contributed by atoms with van der Waals surface area (Å²) in [6, 6.07) is 6.47. The van der Waals surface area contributed by atoms with Gasteiger partial charge < -0.3 is 14.6 Å². The second kappa shape index (κ2) is 9.59. The van der Waals surface area contributed by atoms with E-state index >= 15 is 0 Å². The van der Waals surface area contributed by atoms with Crippen LogP contribution in [-0.2, 0) is 18.4 Å². The summed E-state index contributed by atoms with van der Waals surface area (Å²) in [6.07, 6.45) is 0. The molecule has 0 aliphatic carbocycles. The molecule has 0 unspecified atom stereocenters. The first-order valence-electron chi connectivity index (χ1n) is 8.28. The minimum Gasteiger partial charge on any atom is -0.484 e. The van der Waals surface area contributed by atoms with Gasteiger partial charge in [-0.25, -0.2) is 13.2 Å². The van der Waals surface area contributed by atoms with Crippen LogP contribution in [0.25, 0.3) is 0 Å². The van der Waals surface area contributed by atoms with E-state index in [1.807, 2.05) is 0 Å². The molecular formula is C18H13Cl2F3N4O2S. The van der Waals surface area contributed by atoms with E-state index in [4.69, 9.17) is 27.9 Å². The van der Waals surface area contributed by atoms with E-state index in [2.05, 4.69) is 15.5 Å². The molecule has 1 heterocycles. The molecule has 0 aliphatic rings. The summed E-state index contributed by atoms with van der Waals surface area (Å²) in [5, 5.41) is 11.4. The fraction of sp³-hybridized carbons (Fsp3) is 0.167. The Morgan fingerprint density at radius 3 is 2.67 bits per heavy atom. The molecule has 0 radical (unpaired) electrons. The lowest BCUT2D eigenvalue weighted by Gasteiger charge is -2.09. The number of thioether (sulfide) groups is 1. The molecule has 1 amide bonds. The van der Waals surface area contributed by atoms with Gasteiger partial charge in [0, 0.05) is 12.1 Å². The van der Waals surface area contributed by atoms with Crippen LogP contribution in [0.2, 0.25) is 10.0 Å². The smallest absolute Gasteiger partial charge is 0.234 e. The van der Waals surface area contributed by atoms with E-state index in [-0.39, 0.29) is 12.4 Å². The quantitative estimate of drug-likeness (QED) is 0.389. The van der Waals surface area contributed by atoms with Crippen LogP contribution in [0, 0.1) is 17.5 Å². The molecule has 0 saturated carbocycles. The van der Waals surface area contributed by atoms with Gasteiger partial charge in [0.05, 0.1) is 16.5 Å². The highest BCUT2D eigenvalue weighted by atomic mass is 35.5. The Morgan fingerprint density at radius 1 is 1.17 bits per heavy atom. The van der Waals surface area contributed by atoms with Crippen molar-refractivity contribution in [2.24, 2.45) is 7.05 Å². The molecule has 1 aromatic heterocycles. The number of hydrogen-bond donors (Lipinski definition) is 1. The van der Waals surface area contributed by atoms with E-state index in [0.717, 1.165) is 23.9 Å². The first-order valence-corrected chi connectivity index (χ1v) is 10.0. The molecule has 30 heavy (non-hydrogen) atoms. The van der Waals surface area contributed by atoms with Crippen LogP contribution >= 0.6 is 35.0 Å². The van der Waals surface area contributed by atoms with Crippen LogP contribution in [0.1, 0.15) is 5.82 Å². The number of carbonyl (C=O) groups excluding carboxylic acids is 1. The maximum Gasteiger partial charge on any atom is 0.234 e. The molecule has 6 nitrogen and oxygen atoms in total. The molecule has 3 aromatic rings. The van der Waals surface area contributed by atoms with Gasteiger partial charge in [-0.3, -0.25) is 4.79 Å². The third kappa shape index (κ3) is 5.18. The Balaban J connectivity index is 1.57. The topological polar surface area (TPSA) is 69.0 Å². The highest BCUT2D eigenvalue weighted by molar-refractivity contribution is 7.99. The van der Waals surface area contributed by atoms with Gasteiger partial charge in [0.2, 0.25) is 5.91 Å². The van der Waals surface area contributed by atoms with Crippen molar-refractivity contribution in [3.63, 3.8) is 0 Å². The molecule has 3 rings (SSSR count). The van der Waals surface area contributed by atoms with Crippen molar-refractivity contribution < 1.29 is 22.7 Å². The maximum atomic E-state index is 13.6. The predicted molar refractivity (Wildman–Crippen MR) is 107 cm³/mol. The van der Waals surface area contributed by atoms with Gasteiger partial charge >= 0.3 is 0 Å². The van der Waals surface area contributed by atoms with Crippen molar-refractivity contribution in [2.45, 2.75) is 11.8 Å². The van der Waals surface area contributed by atoms with E-state index in [0.29, 0.717) is 26.8 Å². The number of ether oxygens (including phenoxy) is 1. The van der Waals surface area contributed by atoms with Crippen LogP contribution in [0.5, 0.6) is 5.75 Å². The van der Waals surface area contributed by atoms with Gasteiger partial charge in [-0.2, -0.15) is 0 Å². The number of carbonyl (C=O) groups is 1. The molecule has 2 aromatic carbocycles. The summed E-state index contributed by atoms with van der Waals surface area (Å²) < 4.78 is 47.0. The van der Waals surface area contributed by atoms with Crippen LogP contribution in [0.15, 0.2) is 35.5 Å². The highest BCUT2D eigenvalue weighted by Gasteiger charge is 2.17. The second-order valence-corrected chi connectivity index (χ2v) is 7.67. The molecule has 0 spiro atoms. The number of hydrogen-bond acceptors (Lipinski definition) is 5. The molecule has 0 fully saturated rings. The Bertz CT molecular complexity index is 1100. The SMILES string of the molecule is Cn1c(COc2ccc(Cl)cc2Cl)nnc1SCC(=O)Nc1ccc(F)c(F)c1F. The third-order valence-corrected chi connectivity index (χ3v) is 5.37. The van der Waals surface area contributed by atoms with Crippen molar-refractivity contribution in [1.82, 2.24) is 14.8 Å². The maximum absolute atomic E-state index is 13.6. The molecule has 0 saturated heterocycles. The zero-order valence-electron chi connectivity index (χ0n) is 15.3. The number of amides is 1. The van der Waals surface area contributed by atoms with Gasteiger partial charge in [-0.05, 0) is 30.3 Å². The average Bonchev–Trinajstić information content (AvgIpc) is 3.06. The Kier molecular flexibility index (Phi) is 7.11. The van der Waals surface area contributed by atoms with Gasteiger partial charge in [-0.1, -0.05) is 35.0 Å². The van der Waals surface area contributed by atoms with Gasteiger partial charge in [-0.15, -0.1) is 10.2 Å². The summed E-state index contributed by atoms with van der Waals surface area (Å²) in [5.74, 6) is -4.35. The Hall–Kier alpha value is -2.43. The van der Waals surface area contributed by atoms with E-state index in [1.165, 1.54) is 0 Å². The number of halogens is 5. The lowest BCUT2D eigenvalue weighted by molar-refractivity contribution is -0.113.